The first kappa shape index (κ1) is 14.5. The molecule has 2 bridgehead atoms. The van der Waals surface area contributed by atoms with Crippen LogP contribution in [0.15, 0.2) is 42.5 Å². The zero-order valence-corrected chi connectivity index (χ0v) is 13.6. The summed E-state index contributed by atoms with van der Waals surface area (Å²) in [7, 11) is 2.24. The van der Waals surface area contributed by atoms with Crippen LogP contribution in [0, 0.1) is 0 Å². The summed E-state index contributed by atoms with van der Waals surface area (Å²) in [5, 5.41) is 2.29. The molecule has 0 radical (unpaired) electrons. The number of esters is 1. The molecule has 3 heteroatoms. The minimum Gasteiger partial charge on any atom is -0.427 e. The normalized spacial score (nSPS) is 23.8. The molecule has 2 aliphatic heterocycles. The van der Waals surface area contributed by atoms with Crippen LogP contribution >= 0.6 is 0 Å². The van der Waals surface area contributed by atoms with Crippen molar-refractivity contribution in [3.05, 3.63) is 48.0 Å². The Hall–Kier alpha value is -2.13. The van der Waals surface area contributed by atoms with Gasteiger partial charge >= 0.3 is 5.97 Å². The van der Waals surface area contributed by atoms with Crippen LogP contribution in [0.25, 0.3) is 16.3 Å². The van der Waals surface area contributed by atoms with Gasteiger partial charge in [0.15, 0.2) is 0 Å². The molecule has 0 N–H and O–H groups in total. The summed E-state index contributed by atoms with van der Waals surface area (Å²) in [5.41, 5.74) is 2.80. The molecule has 2 aromatic carbocycles. The minimum atomic E-state index is -0.284. The second-order valence-corrected chi connectivity index (χ2v) is 6.68. The van der Waals surface area contributed by atoms with Crippen LogP contribution in [-0.2, 0) is 4.79 Å². The average Bonchev–Trinajstić information content (AvgIpc) is 2.75. The molecule has 3 nitrogen and oxygen atoms in total. The maximum absolute atomic E-state index is 11.1. The lowest BCUT2D eigenvalue weighted by atomic mass is 9.93. The van der Waals surface area contributed by atoms with Crippen molar-refractivity contribution in [3.8, 4) is 5.75 Å². The largest absolute Gasteiger partial charge is 0.427 e. The number of nitrogens with zero attached hydrogens (tertiary/aromatic N) is 1. The number of benzene rings is 2. The van der Waals surface area contributed by atoms with Crippen molar-refractivity contribution in [2.45, 2.75) is 38.3 Å². The quantitative estimate of drug-likeness (QED) is 0.620. The zero-order chi connectivity index (χ0) is 16.0. The van der Waals surface area contributed by atoms with Crippen molar-refractivity contribution >= 4 is 22.3 Å². The first-order valence-electron chi connectivity index (χ1n) is 8.25. The molecule has 2 aromatic rings. The molecule has 0 aromatic heterocycles. The smallest absolute Gasteiger partial charge is 0.308 e. The number of hydrogen-bond donors (Lipinski definition) is 0. The third-order valence-corrected chi connectivity index (χ3v) is 5.19. The van der Waals surface area contributed by atoms with Gasteiger partial charge in [-0.25, -0.2) is 0 Å². The van der Waals surface area contributed by atoms with Gasteiger partial charge < -0.3 is 4.74 Å². The van der Waals surface area contributed by atoms with Crippen molar-refractivity contribution in [2.24, 2.45) is 0 Å². The second-order valence-electron chi connectivity index (χ2n) is 6.68. The number of carbonyl (C=O) groups is 1. The average molecular weight is 307 g/mol. The van der Waals surface area contributed by atoms with Crippen molar-refractivity contribution in [3.63, 3.8) is 0 Å². The third kappa shape index (κ3) is 2.66. The Balaban J connectivity index is 1.67. The third-order valence-electron chi connectivity index (χ3n) is 5.19. The van der Waals surface area contributed by atoms with Gasteiger partial charge in [0.2, 0.25) is 0 Å². The molecular weight excluding hydrogens is 286 g/mol. The van der Waals surface area contributed by atoms with E-state index in [2.05, 4.69) is 36.2 Å². The van der Waals surface area contributed by atoms with Crippen LogP contribution < -0.4 is 4.74 Å². The molecule has 2 unspecified atom stereocenters. The van der Waals surface area contributed by atoms with Crippen molar-refractivity contribution in [1.29, 1.82) is 0 Å². The van der Waals surface area contributed by atoms with Crippen LogP contribution in [0.1, 0.15) is 31.7 Å². The van der Waals surface area contributed by atoms with Crippen LogP contribution in [0.5, 0.6) is 5.75 Å². The molecule has 2 heterocycles. The number of likely N-dealkylation sites (N-methyl/N-ethyl adjacent to an activating group) is 1. The summed E-state index contributed by atoms with van der Waals surface area (Å²) in [6.07, 6.45) is 6.17. The van der Waals surface area contributed by atoms with Crippen LogP contribution in [-0.4, -0.2) is 30.0 Å². The van der Waals surface area contributed by atoms with Gasteiger partial charge in [0, 0.05) is 19.0 Å². The van der Waals surface area contributed by atoms with E-state index in [-0.39, 0.29) is 5.97 Å². The van der Waals surface area contributed by atoms with Gasteiger partial charge in [0.25, 0.3) is 0 Å². The fourth-order valence-corrected chi connectivity index (χ4v) is 3.91. The van der Waals surface area contributed by atoms with E-state index in [0.29, 0.717) is 17.8 Å². The van der Waals surface area contributed by atoms with E-state index in [4.69, 9.17) is 4.74 Å². The molecule has 0 saturated carbocycles. The van der Waals surface area contributed by atoms with E-state index < -0.39 is 0 Å². The highest BCUT2D eigenvalue weighted by Gasteiger charge is 2.33. The van der Waals surface area contributed by atoms with E-state index in [1.54, 1.807) is 0 Å². The molecule has 1 fully saturated rings. The Morgan fingerprint density at radius 2 is 1.91 bits per heavy atom. The van der Waals surface area contributed by atoms with Crippen molar-refractivity contribution in [1.82, 2.24) is 4.90 Å². The summed E-state index contributed by atoms with van der Waals surface area (Å²) in [6, 6.07) is 13.7. The standard InChI is InChI=1S/C20H21NO2/c1-13(22)23-20-8-5-14-9-15(3-4-16(14)12-20)17-10-18-6-7-19(11-17)21(18)2/h3-5,8-10,12,18-19H,6-7,11H2,1-2H3. The highest BCUT2D eigenvalue weighted by molar-refractivity contribution is 5.88. The topological polar surface area (TPSA) is 29.5 Å². The predicted molar refractivity (Wildman–Crippen MR) is 92.4 cm³/mol. The van der Waals surface area contributed by atoms with Gasteiger partial charge in [-0.2, -0.15) is 0 Å². The van der Waals surface area contributed by atoms with Crippen LogP contribution in [0.3, 0.4) is 0 Å². The van der Waals surface area contributed by atoms with Gasteiger partial charge in [0.1, 0.15) is 5.75 Å². The molecule has 2 aliphatic rings. The van der Waals surface area contributed by atoms with E-state index in [0.717, 1.165) is 11.8 Å². The van der Waals surface area contributed by atoms with Crippen molar-refractivity contribution < 1.29 is 9.53 Å². The fraction of sp³-hybridized carbons (Fsp3) is 0.350. The molecular formula is C20H21NO2. The number of fused-ring (bicyclic) bond motifs is 3. The lowest BCUT2D eigenvalue weighted by Crippen LogP contribution is -2.34. The molecule has 23 heavy (non-hydrogen) atoms. The van der Waals surface area contributed by atoms with Gasteiger partial charge in [-0.15, -0.1) is 0 Å². The summed E-state index contributed by atoms with van der Waals surface area (Å²) < 4.78 is 5.16. The number of hydrogen-bond acceptors (Lipinski definition) is 3. The second kappa shape index (κ2) is 5.50. The maximum atomic E-state index is 11.1. The molecule has 2 atom stereocenters. The Morgan fingerprint density at radius 3 is 2.70 bits per heavy atom. The first-order chi connectivity index (χ1) is 11.1. The molecule has 118 valence electrons. The highest BCUT2D eigenvalue weighted by Crippen LogP contribution is 2.38. The van der Waals surface area contributed by atoms with Crippen LogP contribution in [0.2, 0.25) is 0 Å². The van der Waals surface area contributed by atoms with Gasteiger partial charge in [-0.05, 0) is 66.4 Å². The highest BCUT2D eigenvalue weighted by atomic mass is 16.5. The number of carbonyl (C=O) groups excluding carboxylic acids is 1. The van der Waals surface area contributed by atoms with E-state index in [1.165, 1.54) is 36.3 Å². The number of rotatable bonds is 2. The zero-order valence-electron chi connectivity index (χ0n) is 13.6. The Labute approximate surface area is 136 Å². The Bertz CT molecular complexity index is 808. The summed E-state index contributed by atoms with van der Waals surface area (Å²) in [4.78, 5) is 13.6. The van der Waals surface area contributed by atoms with Crippen LogP contribution in [0.4, 0.5) is 0 Å². The summed E-state index contributed by atoms with van der Waals surface area (Å²) >= 11 is 0. The fourth-order valence-electron chi connectivity index (χ4n) is 3.91. The monoisotopic (exact) mass is 307 g/mol. The molecule has 4 rings (SSSR count). The van der Waals surface area contributed by atoms with E-state index >= 15 is 0 Å². The first-order valence-corrected chi connectivity index (χ1v) is 8.25. The summed E-state index contributed by atoms with van der Waals surface area (Å²) in [5.74, 6) is 0.322. The van der Waals surface area contributed by atoms with Gasteiger partial charge in [0.05, 0.1) is 0 Å². The SMILES string of the molecule is CC(=O)Oc1ccc2cc(C3=CC4CCC(C3)N4C)ccc2c1. The van der Waals surface area contributed by atoms with Gasteiger partial charge in [-0.1, -0.05) is 24.3 Å². The minimum absolute atomic E-state index is 0.284. The van der Waals surface area contributed by atoms with E-state index in [9.17, 15) is 4.79 Å². The molecule has 0 amide bonds. The summed E-state index contributed by atoms with van der Waals surface area (Å²) in [6.45, 7) is 1.42. The van der Waals surface area contributed by atoms with Gasteiger partial charge in [-0.3, -0.25) is 9.69 Å². The lowest BCUT2D eigenvalue weighted by molar-refractivity contribution is -0.131. The number of ether oxygens (including phenoxy) is 1. The molecule has 0 aliphatic carbocycles. The van der Waals surface area contributed by atoms with E-state index in [1.807, 2.05) is 18.2 Å². The molecule has 1 saturated heterocycles. The molecule has 0 spiro atoms. The predicted octanol–water partition coefficient (Wildman–Crippen LogP) is 4.02. The maximum Gasteiger partial charge on any atom is 0.308 e. The lowest BCUT2D eigenvalue weighted by Gasteiger charge is -2.30. The van der Waals surface area contributed by atoms with Crippen molar-refractivity contribution in [2.75, 3.05) is 7.05 Å². The Kier molecular flexibility index (Phi) is 3.46. The Morgan fingerprint density at radius 1 is 1.13 bits per heavy atom.